The van der Waals surface area contributed by atoms with Gasteiger partial charge >= 0.3 is 5.97 Å². The van der Waals surface area contributed by atoms with E-state index in [-0.39, 0.29) is 55.6 Å². The molecule has 4 amide bonds. The summed E-state index contributed by atoms with van der Waals surface area (Å²) < 4.78 is 5.60. The molecule has 2 rings (SSSR count). The predicted molar refractivity (Wildman–Crippen MR) is 223 cm³/mol. The number of rotatable bonds is 21. The topological polar surface area (TPSA) is 210 Å². The SMILES string of the molecule is CNC(C(O)N[C@H](C(=O)N(C)[C@H](/C=C(\C)C(=O)N[C@H](CCC(O)CNCCN1C(=O)C=CC1=O)C(=O)OC(C)(C)C)C(C)C)C(C)(C)C)C(C)(C)c1ccc(O)cc1. The fraction of sp³-hybridized carbons (Fsp3) is 0.651. The highest BCUT2D eigenvalue weighted by Gasteiger charge is 2.42. The van der Waals surface area contributed by atoms with E-state index in [1.54, 1.807) is 77.0 Å². The van der Waals surface area contributed by atoms with Crippen molar-refractivity contribution in [3.63, 3.8) is 0 Å². The largest absolute Gasteiger partial charge is 0.508 e. The lowest BCUT2D eigenvalue weighted by Crippen LogP contribution is -2.63. The monoisotopic (exact) mass is 815 g/mol. The Bertz CT molecular complexity index is 1610. The van der Waals surface area contributed by atoms with Gasteiger partial charge in [0.2, 0.25) is 11.8 Å². The number of hydrogen-bond acceptors (Lipinski definition) is 12. The van der Waals surface area contributed by atoms with Crippen molar-refractivity contribution in [2.75, 3.05) is 33.7 Å². The van der Waals surface area contributed by atoms with Gasteiger partial charge in [0.15, 0.2) is 0 Å². The Morgan fingerprint density at radius 1 is 0.931 bits per heavy atom. The van der Waals surface area contributed by atoms with Gasteiger partial charge in [0.1, 0.15) is 23.6 Å². The molecule has 0 bridgehead atoms. The van der Waals surface area contributed by atoms with Crippen molar-refractivity contribution in [3.05, 3.63) is 53.6 Å². The quantitative estimate of drug-likeness (QED) is 0.0314. The number of aliphatic hydroxyl groups excluding tert-OH is 2. The molecule has 0 radical (unpaired) electrons. The van der Waals surface area contributed by atoms with E-state index in [2.05, 4.69) is 21.3 Å². The lowest BCUT2D eigenvalue weighted by molar-refractivity contribution is -0.158. The van der Waals surface area contributed by atoms with Crippen LogP contribution < -0.4 is 21.3 Å². The van der Waals surface area contributed by atoms with Gasteiger partial charge in [-0.25, -0.2) is 4.79 Å². The molecule has 0 spiro atoms. The molecule has 15 heteroatoms. The minimum atomic E-state index is -1.17. The average Bonchev–Trinajstić information content (AvgIpc) is 3.43. The van der Waals surface area contributed by atoms with Crippen LogP contribution in [0.4, 0.5) is 0 Å². The molecule has 3 unspecified atom stereocenters. The van der Waals surface area contributed by atoms with E-state index in [0.717, 1.165) is 10.5 Å². The van der Waals surface area contributed by atoms with Crippen molar-refractivity contribution < 1.29 is 44.0 Å². The van der Waals surface area contributed by atoms with E-state index < -0.39 is 76.6 Å². The fourth-order valence-corrected chi connectivity index (χ4v) is 6.84. The summed E-state index contributed by atoms with van der Waals surface area (Å²) in [5, 5.41) is 44.3. The van der Waals surface area contributed by atoms with Gasteiger partial charge in [0, 0.05) is 49.8 Å². The highest BCUT2D eigenvalue weighted by Crippen LogP contribution is 2.31. The lowest BCUT2D eigenvalue weighted by atomic mass is 9.76. The second-order valence-electron chi connectivity index (χ2n) is 18.1. The summed E-state index contributed by atoms with van der Waals surface area (Å²) in [6.07, 6.45) is 2.22. The number of likely N-dealkylation sites (N-methyl/N-ethyl adjacent to an activating group) is 2. The number of phenols is 1. The highest BCUT2D eigenvalue weighted by atomic mass is 16.6. The molecule has 326 valence electrons. The summed E-state index contributed by atoms with van der Waals surface area (Å²) in [5.41, 5.74) is -0.961. The Hall–Kier alpha value is -4.15. The maximum atomic E-state index is 14.4. The van der Waals surface area contributed by atoms with Gasteiger partial charge in [0.25, 0.3) is 11.8 Å². The van der Waals surface area contributed by atoms with Crippen LogP contribution in [0.5, 0.6) is 5.75 Å². The number of imide groups is 1. The minimum absolute atomic E-state index is 0.0637. The molecule has 1 aromatic rings. The van der Waals surface area contributed by atoms with Crippen molar-refractivity contribution in [3.8, 4) is 5.75 Å². The van der Waals surface area contributed by atoms with Crippen molar-refractivity contribution in [1.29, 1.82) is 0 Å². The number of ether oxygens (including phenoxy) is 1. The summed E-state index contributed by atoms with van der Waals surface area (Å²) in [4.78, 5) is 67.5. The minimum Gasteiger partial charge on any atom is -0.508 e. The number of amides is 4. The summed E-state index contributed by atoms with van der Waals surface area (Å²) in [5.74, 6) is -2.28. The maximum absolute atomic E-state index is 14.4. The van der Waals surface area contributed by atoms with E-state index in [1.165, 1.54) is 12.2 Å². The molecule has 0 aliphatic carbocycles. The molecular formula is C43H70N6O9. The number of carbonyl (C=O) groups excluding carboxylic acids is 5. The van der Waals surface area contributed by atoms with Crippen LogP contribution >= 0.6 is 0 Å². The number of benzene rings is 1. The van der Waals surface area contributed by atoms with E-state index in [4.69, 9.17) is 4.74 Å². The Balaban J connectivity index is 2.22. The number of hydrogen-bond donors (Lipinski definition) is 7. The Kier molecular flexibility index (Phi) is 18.3. The zero-order valence-electron chi connectivity index (χ0n) is 36.8. The molecular weight excluding hydrogens is 745 g/mol. The van der Waals surface area contributed by atoms with Gasteiger partial charge in [-0.1, -0.05) is 66.7 Å². The van der Waals surface area contributed by atoms with Crippen molar-refractivity contribution in [2.24, 2.45) is 11.3 Å². The number of nitrogens with zero attached hydrogens (tertiary/aromatic N) is 2. The standard InChI is InChI=1S/C43H70N6O9/c1-26(2)32(48(13)39(56)36(41(4,5)6)47-38(55)35(44-12)43(10,11)28-14-16-29(50)17-15-28)24-27(3)37(54)46-31(40(57)58-42(7,8)9)19-18-30(51)25-45-22-23-49-33(52)20-21-34(49)53/h14-17,20-21,24,26,30-32,35-36,38,44-45,47,50-51,55H,18-19,22-23,25H2,1-13H3,(H,46,54)/b27-24+/t30?,31-,32-,35?,36-,38?/m1/s1. The molecule has 1 heterocycles. The van der Waals surface area contributed by atoms with E-state index >= 15 is 0 Å². The second-order valence-corrected chi connectivity index (χ2v) is 18.1. The van der Waals surface area contributed by atoms with Crippen LogP contribution in [0.15, 0.2) is 48.1 Å². The zero-order valence-corrected chi connectivity index (χ0v) is 36.8. The fourth-order valence-electron chi connectivity index (χ4n) is 6.84. The van der Waals surface area contributed by atoms with Gasteiger partial charge in [0.05, 0.1) is 24.2 Å². The second kappa shape index (κ2) is 21.2. The predicted octanol–water partition coefficient (Wildman–Crippen LogP) is 2.49. The number of carbonyl (C=O) groups is 5. The number of nitrogens with one attached hydrogen (secondary N) is 4. The van der Waals surface area contributed by atoms with Crippen LogP contribution in [-0.2, 0) is 34.1 Å². The third-order valence-electron chi connectivity index (χ3n) is 10.3. The van der Waals surface area contributed by atoms with Crippen LogP contribution in [0.25, 0.3) is 0 Å². The first-order valence-corrected chi connectivity index (χ1v) is 20.0. The van der Waals surface area contributed by atoms with E-state index in [1.807, 2.05) is 48.5 Å². The third kappa shape index (κ3) is 14.6. The maximum Gasteiger partial charge on any atom is 0.329 e. The average molecular weight is 815 g/mol. The van der Waals surface area contributed by atoms with Crippen molar-refractivity contribution in [2.45, 2.75) is 137 Å². The smallest absolute Gasteiger partial charge is 0.329 e. The third-order valence-corrected chi connectivity index (χ3v) is 10.3. The lowest BCUT2D eigenvalue weighted by Gasteiger charge is -2.42. The number of esters is 1. The Labute approximate surface area is 345 Å². The summed E-state index contributed by atoms with van der Waals surface area (Å²) >= 11 is 0. The van der Waals surface area contributed by atoms with Gasteiger partial charge in [-0.2, -0.15) is 0 Å². The number of aromatic hydroxyl groups is 1. The molecule has 58 heavy (non-hydrogen) atoms. The first-order valence-electron chi connectivity index (χ1n) is 20.0. The van der Waals surface area contributed by atoms with Crippen LogP contribution in [0.1, 0.15) is 94.6 Å². The van der Waals surface area contributed by atoms with Gasteiger partial charge < -0.3 is 40.9 Å². The number of phenolic OH excluding ortho intramolecular Hbond substituents is 1. The molecule has 1 aromatic carbocycles. The van der Waals surface area contributed by atoms with Crippen molar-refractivity contribution >= 4 is 29.6 Å². The van der Waals surface area contributed by atoms with Gasteiger partial charge in [-0.15, -0.1) is 0 Å². The molecule has 1 aliphatic heterocycles. The summed E-state index contributed by atoms with van der Waals surface area (Å²) in [6.45, 7) is 20.8. The molecule has 0 saturated heterocycles. The molecule has 6 atom stereocenters. The van der Waals surface area contributed by atoms with E-state index in [9.17, 15) is 39.3 Å². The summed E-state index contributed by atoms with van der Waals surface area (Å²) in [7, 11) is 3.40. The normalized spacial score (nSPS) is 17.2. The summed E-state index contributed by atoms with van der Waals surface area (Å²) in [6, 6.07) is 3.76. The Morgan fingerprint density at radius 3 is 2.00 bits per heavy atom. The van der Waals surface area contributed by atoms with Crippen LogP contribution in [0, 0.1) is 11.3 Å². The van der Waals surface area contributed by atoms with E-state index in [0.29, 0.717) is 0 Å². The molecule has 15 nitrogen and oxygen atoms in total. The zero-order chi connectivity index (χ0) is 44.3. The molecule has 0 saturated carbocycles. The van der Waals surface area contributed by atoms with Crippen molar-refractivity contribution in [1.82, 2.24) is 31.1 Å². The van der Waals surface area contributed by atoms with Crippen LogP contribution in [-0.4, -0.2) is 131 Å². The first-order chi connectivity index (χ1) is 26.7. The van der Waals surface area contributed by atoms with Crippen LogP contribution in [0.2, 0.25) is 0 Å². The van der Waals surface area contributed by atoms with Crippen LogP contribution in [0.3, 0.4) is 0 Å². The first kappa shape index (κ1) is 50.0. The van der Waals surface area contributed by atoms with Gasteiger partial charge in [-0.05, 0) is 76.6 Å². The molecule has 0 aromatic heterocycles. The number of aliphatic hydroxyl groups is 2. The molecule has 7 N–H and O–H groups in total. The van der Waals surface area contributed by atoms with Gasteiger partial charge in [-0.3, -0.25) is 29.4 Å². The molecule has 0 fully saturated rings. The molecule has 1 aliphatic rings. The Morgan fingerprint density at radius 2 is 1.50 bits per heavy atom. The highest BCUT2D eigenvalue weighted by molar-refractivity contribution is 6.12.